The maximum Gasteiger partial charge on any atom is 0.307 e. The summed E-state index contributed by atoms with van der Waals surface area (Å²) < 4.78 is 0. The highest BCUT2D eigenvalue weighted by atomic mass is 16.4. The maximum atomic E-state index is 12.4. The van der Waals surface area contributed by atoms with E-state index in [1.807, 2.05) is 26.2 Å². The molecule has 6 nitrogen and oxygen atoms in total. The van der Waals surface area contributed by atoms with Gasteiger partial charge in [-0.15, -0.1) is 0 Å². The zero-order valence-electron chi connectivity index (χ0n) is 12.1. The molecule has 1 heterocycles. The fraction of sp³-hybridized carbons (Fsp3) is 0.400. The number of carbonyl (C=O) groups excluding carboxylic acids is 1. The molecule has 0 fully saturated rings. The van der Waals surface area contributed by atoms with E-state index in [4.69, 9.17) is 0 Å². The van der Waals surface area contributed by atoms with E-state index < -0.39 is 17.8 Å². The van der Waals surface area contributed by atoms with Gasteiger partial charge in [0.1, 0.15) is 0 Å². The maximum absolute atomic E-state index is 12.4. The van der Waals surface area contributed by atoms with Gasteiger partial charge < -0.3 is 15.3 Å². The lowest BCUT2D eigenvalue weighted by atomic mass is 9.82. The average Bonchev–Trinajstić information content (AvgIpc) is 2.47. The number of carbonyl (C=O) groups is 2. The molecule has 2 N–H and O–H groups in total. The van der Waals surface area contributed by atoms with Gasteiger partial charge in [0.25, 0.3) is 0 Å². The zero-order chi connectivity index (χ0) is 15.4. The van der Waals surface area contributed by atoms with Crippen molar-refractivity contribution in [1.29, 1.82) is 0 Å². The molecule has 0 bridgehead atoms. The van der Waals surface area contributed by atoms with Crippen molar-refractivity contribution in [2.45, 2.75) is 12.8 Å². The standard InChI is InChI=1S/C15H19N3O3/c1-18(2)13-12(8-5-9-16-13)17-14(19)10-6-3-4-7-11(10)15(20)21/h3-5,8-11H,6-7H2,1-2H3,(H,17,19)(H,20,21). The Morgan fingerprint density at radius 3 is 2.57 bits per heavy atom. The quantitative estimate of drug-likeness (QED) is 0.825. The van der Waals surface area contributed by atoms with Crippen molar-refractivity contribution in [2.75, 3.05) is 24.3 Å². The SMILES string of the molecule is CN(C)c1ncccc1NC(=O)C1CC=CCC1C(=O)O. The second-order valence-corrected chi connectivity index (χ2v) is 5.25. The number of pyridine rings is 1. The molecule has 0 aliphatic heterocycles. The molecule has 112 valence electrons. The highest BCUT2D eigenvalue weighted by molar-refractivity contribution is 5.97. The Morgan fingerprint density at radius 1 is 1.29 bits per heavy atom. The van der Waals surface area contributed by atoms with Gasteiger partial charge in [-0.05, 0) is 25.0 Å². The molecule has 21 heavy (non-hydrogen) atoms. The van der Waals surface area contributed by atoms with Crippen LogP contribution < -0.4 is 10.2 Å². The van der Waals surface area contributed by atoms with Crippen molar-refractivity contribution in [3.63, 3.8) is 0 Å². The van der Waals surface area contributed by atoms with E-state index in [1.165, 1.54) is 0 Å². The molecule has 0 spiro atoms. The predicted molar refractivity (Wildman–Crippen MR) is 80.2 cm³/mol. The Morgan fingerprint density at radius 2 is 1.95 bits per heavy atom. The van der Waals surface area contributed by atoms with Gasteiger partial charge in [-0.25, -0.2) is 4.98 Å². The first kappa shape index (κ1) is 15.0. The molecule has 2 unspecified atom stereocenters. The molecular formula is C15H19N3O3. The molecule has 0 aromatic carbocycles. The lowest BCUT2D eigenvalue weighted by Crippen LogP contribution is -2.35. The number of aliphatic carboxylic acids is 1. The first-order valence-corrected chi connectivity index (χ1v) is 6.81. The minimum atomic E-state index is -0.932. The van der Waals surface area contributed by atoms with Gasteiger partial charge in [0, 0.05) is 20.3 Å². The Labute approximate surface area is 123 Å². The number of nitrogens with zero attached hydrogens (tertiary/aromatic N) is 2. The first-order chi connectivity index (χ1) is 10.0. The van der Waals surface area contributed by atoms with Crippen LogP contribution in [-0.2, 0) is 9.59 Å². The summed E-state index contributed by atoms with van der Waals surface area (Å²) in [5, 5.41) is 12.0. The van der Waals surface area contributed by atoms with E-state index in [9.17, 15) is 14.7 Å². The molecule has 0 saturated heterocycles. The number of carboxylic acids is 1. The molecule has 0 radical (unpaired) electrons. The van der Waals surface area contributed by atoms with E-state index in [0.717, 1.165) is 0 Å². The minimum Gasteiger partial charge on any atom is -0.481 e. The monoisotopic (exact) mass is 289 g/mol. The van der Waals surface area contributed by atoms with Crippen molar-refractivity contribution in [2.24, 2.45) is 11.8 Å². The molecule has 1 amide bonds. The van der Waals surface area contributed by atoms with Gasteiger partial charge in [-0.1, -0.05) is 12.2 Å². The topological polar surface area (TPSA) is 82.5 Å². The van der Waals surface area contributed by atoms with Crippen molar-refractivity contribution >= 4 is 23.4 Å². The summed E-state index contributed by atoms with van der Waals surface area (Å²) in [5.41, 5.74) is 0.589. The Balaban J connectivity index is 2.18. The molecule has 0 saturated carbocycles. The van der Waals surface area contributed by atoms with E-state index in [-0.39, 0.29) is 5.91 Å². The highest BCUT2D eigenvalue weighted by Crippen LogP contribution is 2.28. The number of hydrogen-bond donors (Lipinski definition) is 2. The van der Waals surface area contributed by atoms with E-state index >= 15 is 0 Å². The first-order valence-electron chi connectivity index (χ1n) is 6.81. The molecule has 6 heteroatoms. The number of anilines is 2. The zero-order valence-corrected chi connectivity index (χ0v) is 12.1. The van der Waals surface area contributed by atoms with Crippen LogP contribution in [0.5, 0.6) is 0 Å². The number of hydrogen-bond acceptors (Lipinski definition) is 4. The summed E-state index contributed by atoms with van der Waals surface area (Å²) in [7, 11) is 3.67. The third-order valence-corrected chi connectivity index (χ3v) is 3.55. The van der Waals surface area contributed by atoms with Gasteiger partial charge >= 0.3 is 5.97 Å². The van der Waals surface area contributed by atoms with Crippen molar-refractivity contribution in [1.82, 2.24) is 4.98 Å². The number of aromatic nitrogens is 1. The third kappa shape index (κ3) is 3.39. The second-order valence-electron chi connectivity index (χ2n) is 5.25. The molecule has 1 aliphatic carbocycles. The summed E-state index contributed by atoms with van der Waals surface area (Å²) in [5.74, 6) is -1.79. The minimum absolute atomic E-state index is 0.275. The molecule has 1 aliphatic rings. The highest BCUT2D eigenvalue weighted by Gasteiger charge is 2.34. The molecular weight excluding hydrogens is 270 g/mol. The van der Waals surface area contributed by atoms with Crippen LogP contribution in [0.1, 0.15) is 12.8 Å². The van der Waals surface area contributed by atoms with E-state index in [1.54, 1.807) is 23.2 Å². The molecule has 1 aromatic rings. The second kappa shape index (κ2) is 6.39. The van der Waals surface area contributed by atoms with Crippen LogP contribution in [0.15, 0.2) is 30.5 Å². The van der Waals surface area contributed by atoms with Crippen LogP contribution in [-0.4, -0.2) is 36.1 Å². The van der Waals surface area contributed by atoms with Gasteiger partial charge in [0.05, 0.1) is 17.5 Å². The largest absolute Gasteiger partial charge is 0.481 e. The van der Waals surface area contributed by atoms with Gasteiger partial charge in [0.2, 0.25) is 5.91 Å². The number of nitrogens with one attached hydrogen (secondary N) is 1. The summed E-state index contributed by atoms with van der Waals surface area (Å²) in [6.07, 6.45) is 6.16. The Hall–Kier alpha value is -2.37. The normalized spacial score (nSPS) is 20.9. The molecule has 2 atom stereocenters. The van der Waals surface area contributed by atoms with Crippen molar-refractivity contribution < 1.29 is 14.7 Å². The number of rotatable bonds is 4. The summed E-state index contributed by atoms with van der Waals surface area (Å²) in [6.45, 7) is 0. The summed E-state index contributed by atoms with van der Waals surface area (Å²) in [4.78, 5) is 29.7. The Kier molecular flexibility index (Phi) is 4.57. The van der Waals surface area contributed by atoms with Crippen LogP contribution in [0.2, 0.25) is 0 Å². The van der Waals surface area contributed by atoms with E-state index in [2.05, 4.69) is 10.3 Å². The molecule has 2 rings (SSSR count). The van der Waals surface area contributed by atoms with Crippen LogP contribution >= 0.6 is 0 Å². The van der Waals surface area contributed by atoms with Crippen molar-refractivity contribution in [3.05, 3.63) is 30.5 Å². The van der Waals surface area contributed by atoms with Crippen LogP contribution in [0.3, 0.4) is 0 Å². The predicted octanol–water partition coefficient (Wildman–Crippen LogP) is 1.75. The third-order valence-electron chi connectivity index (χ3n) is 3.55. The average molecular weight is 289 g/mol. The van der Waals surface area contributed by atoms with Crippen LogP contribution in [0.4, 0.5) is 11.5 Å². The summed E-state index contributed by atoms with van der Waals surface area (Å²) >= 11 is 0. The van der Waals surface area contributed by atoms with E-state index in [0.29, 0.717) is 24.3 Å². The Bertz CT molecular complexity index is 569. The van der Waals surface area contributed by atoms with Crippen LogP contribution in [0.25, 0.3) is 0 Å². The lowest BCUT2D eigenvalue weighted by Gasteiger charge is -2.25. The van der Waals surface area contributed by atoms with Crippen LogP contribution in [0, 0.1) is 11.8 Å². The fourth-order valence-electron chi connectivity index (χ4n) is 2.45. The number of carboxylic acid groups (broad SMARTS) is 1. The fourth-order valence-corrected chi connectivity index (χ4v) is 2.45. The smallest absolute Gasteiger partial charge is 0.307 e. The summed E-state index contributed by atoms with van der Waals surface area (Å²) in [6, 6.07) is 3.49. The number of amides is 1. The lowest BCUT2D eigenvalue weighted by molar-refractivity contribution is -0.146. The number of allylic oxidation sites excluding steroid dienone is 2. The van der Waals surface area contributed by atoms with Gasteiger partial charge in [-0.2, -0.15) is 0 Å². The molecule has 1 aromatic heterocycles. The van der Waals surface area contributed by atoms with Crippen molar-refractivity contribution in [3.8, 4) is 0 Å². The van der Waals surface area contributed by atoms with Gasteiger partial charge in [0.15, 0.2) is 5.82 Å². The van der Waals surface area contributed by atoms with Gasteiger partial charge in [-0.3, -0.25) is 9.59 Å².